The minimum Gasteiger partial charge on any atom is -0.480 e. The van der Waals surface area contributed by atoms with Crippen molar-refractivity contribution in [3.05, 3.63) is 22.9 Å². The van der Waals surface area contributed by atoms with Crippen LogP contribution in [0.5, 0.6) is 5.88 Å². The molecule has 9 heteroatoms. The maximum atomic E-state index is 12.8. The molecule has 1 fully saturated rings. The monoisotopic (exact) mass is 383 g/mol. The van der Waals surface area contributed by atoms with E-state index in [2.05, 4.69) is 10.3 Å². The van der Waals surface area contributed by atoms with Crippen LogP contribution >= 0.6 is 0 Å². The summed E-state index contributed by atoms with van der Waals surface area (Å²) in [5, 5.41) is 2.91. The number of pyridine rings is 1. The number of methoxy groups -OCH3 is 1. The summed E-state index contributed by atoms with van der Waals surface area (Å²) in [7, 11) is 1.12. The molecule has 0 saturated carbocycles. The van der Waals surface area contributed by atoms with Gasteiger partial charge >= 0.3 is 0 Å². The fraction of sp³-hybridized carbons (Fsp3) is 0.647. The molecule has 2 aliphatic rings. The van der Waals surface area contributed by atoms with E-state index >= 15 is 0 Å². The number of hydrogen-bond acceptors (Lipinski definition) is 6. The summed E-state index contributed by atoms with van der Waals surface area (Å²) >= 11 is 0. The summed E-state index contributed by atoms with van der Waals surface area (Å²) in [5.74, 6) is -0.365. The lowest BCUT2D eigenvalue weighted by atomic mass is 10.1. The summed E-state index contributed by atoms with van der Waals surface area (Å²) in [6.07, 6.45) is 2.83. The third-order valence-electron chi connectivity index (χ3n) is 4.95. The van der Waals surface area contributed by atoms with Gasteiger partial charge in [-0.25, -0.2) is 17.7 Å². The van der Waals surface area contributed by atoms with Gasteiger partial charge in [0.1, 0.15) is 5.56 Å². The Morgan fingerprint density at radius 2 is 2.15 bits per heavy atom. The third-order valence-corrected chi connectivity index (χ3v) is 6.91. The van der Waals surface area contributed by atoms with E-state index in [9.17, 15) is 13.2 Å². The van der Waals surface area contributed by atoms with Crippen molar-refractivity contribution < 1.29 is 22.7 Å². The van der Waals surface area contributed by atoms with Crippen molar-refractivity contribution in [1.82, 2.24) is 14.6 Å². The number of nitrogens with one attached hydrogen (secondary N) is 1. The Bertz CT molecular complexity index is 794. The molecule has 0 radical (unpaired) electrons. The first-order valence-electron chi connectivity index (χ1n) is 8.67. The molecule has 0 spiro atoms. The first-order chi connectivity index (χ1) is 12.3. The van der Waals surface area contributed by atoms with E-state index in [0.717, 1.165) is 30.5 Å². The van der Waals surface area contributed by atoms with Gasteiger partial charge in [-0.15, -0.1) is 0 Å². The number of rotatable bonds is 6. The molecule has 1 aliphatic carbocycles. The number of carbonyl (C=O) groups is 1. The Labute approximate surface area is 153 Å². The van der Waals surface area contributed by atoms with E-state index in [4.69, 9.17) is 9.47 Å². The smallest absolute Gasteiger partial charge is 0.257 e. The first kappa shape index (κ1) is 19.1. The zero-order chi connectivity index (χ0) is 18.9. The lowest BCUT2D eigenvalue weighted by Gasteiger charge is -2.21. The van der Waals surface area contributed by atoms with Gasteiger partial charge in [-0.1, -0.05) is 0 Å². The Morgan fingerprint density at radius 1 is 1.38 bits per heavy atom. The number of hydrogen-bond donors (Lipinski definition) is 1. The van der Waals surface area contributed by atoms with Gasteiger partial charge in [0, 0.05) is 25.7 Å². The molecule has 0 unspecified atom stereocenters. The molecular formula is C17H25N3O5S. The number of aryl methyl sites for hydroxylation is 2. The molecule has 2 atom stereocenters. The SMILES string of the molecule is COc1nc2c(cc1C(=O)N[C@@H]1COC[C@H]1CS(=O)(=O)N(C)C)CCC2. The summed E-state index contributed by atoms with van der Waals surface area (Å²) in [4.78, 5) is 17.2. The second-order valence-electron chi connectivity index (χ2n) is 6.94. The molecule has 1 aliphatic heterocycles. The maximum absolute atomic E-state index is 12.8. The number of fused-ring (bicyclic) bond motifs is 1. The van der Waals surface area contributed by atoms with Crippen LogP contribution in [0.25, 0.3) is 0 Å². The molecule has 3 rings (SSSR count). The van der Waals surface area contributed by atoms with E-state index in [1.807, 2.05) is 6.07 Å². The normalized spacial score (nSPS) is 22.5. The van der Waals surface area contributed by atoms with Crippen molar-refractivity contribution in [2.24, 2.45) is 5.92 Å². The summed E-state index contributed by atoms with van der Waals surface area (Å²) < 4.78 is 36.2. The van der Waals surface area contributed by atoms with Crippen molar-refractivity contribution in [2.75, 3.05) is 40.2 Å². The van der Waals surface area contributed by atoms with Gasteiger partial charge in [-0.3, -0.25) is 4.79 Å². The van der Waals surface area contributed by atoms with E-state index < -0.39 is 10.0 Å². The fourth-order valence-corrected chi connectivity index (χ4v) is 4.53. The fourth-order valence-electron chi connectivity index (χ4n) is 3.36. The topological polar surface area (TPSA) is 97.8 Å². The standard InChI is InChI=1S/C17H25N3O5S/c1-20(2)26(22,23)10-12-8-25-9-15(12)18-16(21)13-7-11-5-4-6-14(11)19-17(13)24-3/h7,12,15H,4-6,8-10H2,1-3H3,(H,18,21)/t12-,15+/m0/s1. The number of carbonyl (C=O) groups excluding carboxylic acids is 1. The minimum atomic E-state index is -3.37. The number of nitrogens with zero attached hydrogens (tertiary/aromatic N) is 2. The molecule has 1 aromatic rings. The molecule has 1 aromatic heterocycles. The molecule has 144 valence electrons. The number of sulfonamides is 1. The number of aromatic nitrogens is 1. The zero-order valence-corrected chi connectivity index (χ0v) is 16.1. The molecule has 8 nitrogen and oxygen atoms in total. The second-order valence-corrected chi connectivity index (χ2v) is 9.17. The van der Waals surface area contributed by atoms with E-state index in [-0.39, 0.29) is 23.6 Å². The van der Waals surface area contributed by atoms with E-state index in [1.54, 1.807) is 0 Å². The molecule has 2 heterocycles. The van der Waals surface area contributed by atoms with Gasteiger partial charge in [0.2, 0.25) is 15.9 Å². The Balaban J connectivity index is 1.75. The predicted molar refractivity (Wildman–Crippen MR) is 95.9 cm³/mol. The Kier molecular flexibility index (Phi) is 5.50. The lowest BCUT2D eigenvalue weighted by molar-refractivity contribution is 0.0922. The molecule has 1 amide bonds. The lowest BCUT2D eigenvalue weighted by Crippen LogP contribution is -2.43. The van der Waals surface area contributed by atoms with Crippen molar-refractivity contribution in [3.63, 3.8) is 0 Å². The van der Waals surface area contributed by atoms with Gasteiger partial charge in [0.05, 0.1) is 32.1 Å². The maximum Gasteiger partial charge on any atom is 0.257 e. The van der Waals surface area contributed by atoms with Crippen molar-refractivity contribution >= 4 is 15.9 Å². The largest absolute Gasteiger partial charge is 0.480 e. The Morgan fingerprint density at radius 3 is 2.85 bits per heavy atom. The van der Waals surface area contributed by atoms with Gasteiger partial charge < -0.3 is 14.8 Å². The van der Waals surface area contributed by atoms with Gasteiger partial charge in [0.25, 0.3) is 5.91 Å². The average Bonchev–Trinajstić information content (AvgIpc) is 3.22. The average molecular weight is 383 g/mol. The van der Waals surface area contributed by atoms with Crippen LogP contribution in [0, 0.1) is 5.92 Å². The Hall–Kier alpha value is -1.71. The highest BCUT2D eigenvalue weighted by atomic mass is 32.2. The van der Waals surface area contributed by atoms with Crippen LogP contribution in [-0.4, -0.2) is 69.8 Å². The highest BCUT2D eigenvalue weighted by Gasteiger charge is 2.35. The summed E-state index contributed by atoms with van der Waals surface area (Å²) in [6, 6.07) is 1.47. The predicted octanol–water partition coefficient (Wildman–Crippen LogP) is 0.215. The molecule has 0 bridgehead atoms. The van der Waals surface area contributed by atoms with Gasteiger partial charge in [-0.2, -0.15) is 0 Å². The first-order valence-corrected chi connectivity index (χ1v) is 10.3. The van der Waals surface area contributed by atoms with E-state index in [0.29, 0.717) is 24.7 Å². The second kappa shape index (κ2) is 7.50. The molecule has 26 heavy (non-hydrogen) atoms. The minimum absolute atomic E-state index is 0.0650. The zero-order valence-electron chi connectivity index (χ0n) is 15.3. The van der Waals surface area contributed by atoms with Crippen LogP contribution in [0.15, 0.2) is 6.07 Å². The van der Waals surface area contributed by atoms with Gasteiger partial charge in [-0.05, 0) is 30.9 Å². The molecule has 0 aromatic carbocycles. The molecule has 1 N–H and O–H groups in total. The molecule has 1 saturated heterocycles. The highest BCUT2D eigenvalue weighted by Crippen LogP contribution is 2.27. The van der Waals surface area contributed by atoms with Crippen LogP contribution in [0.1, 0.15) is 28.0 Å². The van der Waals surface area contributed by atoms with Crippen LogP contribution in [0.2, 0.25) is 0 Å². The van der Waals surface area contributed by atoms with Crippen molar-refractivity contribution in [1.29, 1.82) is 0 Å². The third kappa shape index (κ3) is 3.84. The van der Waals surface area contributed by atoms with Crippen molar-refractivity contribution in [2.45, 2.75) is 25.3 Å². The van der Waals surface area contributed by atoms with Crippen LogP contribution < -0.4 is 10.1 Å². The quantitative estimate of drug-likeness (QED) is 0.754. The number of ether oxygens (including phenoxy) is 2. The van der Waals surface area contributed by atoms with Gasteiger partial charge in [0.15, 0.2) is 0 Å². The highest BCUT2D eigenvalue weighted by molar-refractivity contribution is 7.89. The summed E-state index contributed by atoms with van der Waals surface area (Å²) in [5.41, 5.74) is 2.44. The van der Waals surface area contributed by atoms with Crippen molar-refractivity contribution in [3.8, 4) is 5.88 Å². The van der Waals surface area contributed by atoms with E-state index in [1.165, 1.54) is 25.5 Å². The van der Waals surface area contributed by atoms with Crippen LogP contribution in [0.3, 0.4) is 0 Å². The van der Waals surface area contributed by atoms with Crippen LogP contribution in [-0.2, 0) is 27.6 Å². The summed E-state index contributed by atoms with van der Waals surface area (Å²) in [6.45, 7) is 0.595. The number of amides is 1. The molecular weight excluding hydrogens is 358 g/mol. The van der Waals surface area contributed by atoms with Crippen LogP contribution in [0.4, 0.5) is 0 Å².